The van der Waals surface area contributed by atoms with E-state index < -0.39 is 12.0 Å². The second-order valence-electron chi connectivity index (χ2n) is 6.54. The van der Waals surface area contributed by atoms with Gasteiger partial charge in [0, 0.05) is 24.8 Å². The first kappa shape index (κ1) is 17.2. The molecule has 6 nitrogen and oxygen atoms in total. The van der Waals surface area contributed by atoms with Gasteiger partial charge in [0.25, 0.3) is 0 Å². The van der Waals surface area contributed by atoms with Crippen LogP contribution in [0, 0.1) is 13.8 Å². The molecule has 1 saturated heterocycles. The van der Waals surface area contributed by atoms with Crippen molar-refractivity contribution >= 4 is 17.5 Å². The summed E-state index contributed by atoms with van der Waals surface area (Å²) in [6, 6.07) is 9.12. The zero-order valence-corrected chi connectivity index (χ0v) is 15.0. The van der Waals surface area contributed by atoms with Crippen molar-refractivity contribution < 1.29 is 14.1 Å². The summed E-state index contributed by atoms with van der Waals surface area (Å²) in [5, 5.41) is 3.92. The highest BCUT2D eigenvalue weighted by Gasteiger charge is 2.39. The number of hydrogen-bond acceptors (Lipinski definition) is 4. The largest absolute Gasteiger partial charge is 0.361 e. The average molecular weight is 341 g/mol. The van der Waals surface area contributed by atoms with Crippen molar-refractivity contribution in [2.24, 2.45) is 0 Å². The van der Waals surface area contributed by atoms with E-state index >= 15 is 0 Å². The Balaban J connectivity index is 1.76. The van der Waals surface area contributed by atoms with Crippen molar-refractivity contribution in [2.45, 2.75) is 39.2 Å². The van der Waals surface area contributed by atoms with Crippen molar-refractivity contribution in [3.63, 3.8) is 0 Å². The van der Waals surface area contributed by atoms with Gasteiger partial charge < -0.3 is 14.3 Å². The molecule has 0 bridgehead atoms. The topological polar surface area (TPSA) is 66.7 Å². The quantitative estimate of drug-likeness (QED) is 0.857. The average Bonchev–Trinajstić information content (AvgIpc) is 3.16. The number of nitrogens with zero attached hydrogens (tertiary/aromatic N) is 3. The van der Waals surface area contributed by atoms with Gasteiger partial charge in [-0.25, -0.2) is 0 Å². The van der Waals surface area contributed by atoms with Crippen LogP contribution in [0.5, 0.6) is 0 Å². The first-order valence-electron chi connectivity index (χ1n) is 8.47. The van der Waals surface area contributed by atoms with Crippen molar-refractivity contribution in [3.05, 3.63) is 47.3 Å². The Kier molecular flexibility index (Phi) is 4.61. The van der Waals surface area contributed by atoms with Gasteiger partial charge in [0.15, 0.2) is 0 Å². The van der Waals surface area contributed by atoms with Gasteiger partial charge in [-0.15, -0.1) is 0 Å². The molecule has 1 aliphatic rings. The molecule has 0 N–H and O–H groups in total. The van der Waals surface area contributed by atoms with Gasteiger partial charge in [-0.05, 0) is 39.3 Å². The Morgan fingerprint density at radius 1 is 1.32 bits per heavy atom. The van der Waals surface area contributed by atoms with Crippen molar-refractivity contribution in [1.82, 2.24) is 10.1 Å². The number of amides is 2. The van der Waals surface area contributed by atoms with Crippen LogP contribution in [0.3, 0.4) is 0 Å². The lowest BCUT2D eigenvalue weighted by Crippen LogP contribution is -2.44. The predicted molar refractivity (Wildman–Crippen MR) is 94.4 cm³/mol. The van der Waals surface area contributed by atoms with Gasteiger partial charge >= 0.3 is 0 Å². The minimum Gasteiger partial charge on any atom is -0.361 e. The molecule has 0 unspecified atom stereocenters. The van der Waals surface area contributed by atoms with E-state index in [-0.39, 0.29) is 11.8 Å². The van der Waals surface area contributed by atoms with E-state index in [2.05, 4.69) is 5.16 Å². The predicted octanol–water partition coefficient (Wildman–Crippen LogP) is 2.66. The zero-order valence-electron chi connectivity index (χ0n) is 15.0. The highest BCUT2D eigenvalue weighted by atomic mass is 16.5. The molecule has 6 heteroatoms. The van der Waals surface area contributed by atoms with Crippen LogP contribution in [0.2, 0.25) is 0 Å². The third-order valence-corrected chi connectivity index (χ3v) is 4.95. The first-order valence-corrected chi connectivity index (χ1v) is 8.47. The summed E-state index contributed by atoms with van der Waals surface area (Å²) in [5.41, 5.74) is 2.40. The molecule has 2 amide bonds. The maximum Gasteiger partial charge on any atom is 0.249 e. The normalized spacial score (nSPS) is 18.5. The molecule has 0 saturated carbocycles. The number of anilines is 1. The molecule has 1 aromatic heterocycles. The first-order chi connectivity index (χ1) is 11.9. The summed E-state index contributed by atoms with van der Waals surface area (Å²) in [6.07, 6.45) is 0.629. The van der Waals surface area contributed by atoms with Crippen molar-refractivity contribution in [2.75, 3.05) is 18.5 Å². The maximum atomic E-state index is 12.9. The molecule has 1 aliphatic heterocycles. The van der Waals surface area contributed by atoms with Crippen LogP contribution >= 0.6 is 0 Å². The smallest absolute Gasteiger partial charge is 0.249 e. The Morgan fingerprint density at radius 3 is 2.60 bits per heavy atom. The van der Waals surface area contributed by atoms with Gasteiger partial charge in [-0.2, -0.15) is 0 Å². The summed E-state index contributed by atoms with van der Waals surface area (Å²) in [6.45, 7) is 6.08. The lowest BCUT2D eigenvalue weighted by atomic mass is 9.97. The number of hydrogen-bond donors (Lipinski definition) is 0. The number of aryl methyl sites for hydroxylation is 2. The number of rotatable bonds is 4. The molecule has 0 spiro atoms. The van der Waals surface area contributed by atoms with Crippen LogP contribution in [0.15, 0.2) is 34.9 Å². The van der Waals surface area contributed by atoms with Crippen LogP contribution in [-0.2, 0) is 9.59 Å². The number of para-hydroxylation sites is 1. The molecule has 0 radical (unpaired) electrons. The van der Waals surface area contributed by atoms with Crippen LogP contribution in [0.4, 0.5) is 5.69 Å². The maximum absolute atomic E-state index is 12.9. The van der Waals surface area contributed by atoms with Gasteiger partial charge in [0.05, 0.1) is 11.6 Å². The van der Waals surface area contributed by atoms with E-state index in [1.54, 1.807) is 23.8 Å². The van der Waals surface area contributed by atoms with E-state index in [1.165, 1.54) is 0 Å². The molecule has 2 heterocycles. The molecule has 2 atom stereocenters. The van der Waals surface area contributed by atoms with Crippen molar-refractivity contribution in [1.29, 1.82) is 0 Å². The Bertz CT molecular complexity index is 765. The Hall–Kier alpha value is -2.63. The molecule has 0 aliphatic carbocycles. The second-order valence-corrected chi connectivity index (χ2v) is 6.54. The van der Waals surface area contributed by atoms with E-state index in [0.717, 1.165) is 16.9 Å². The summed E-state index contributed by atoms with van der Waals surface area (Å²) in [5.74, 6) is 0.126. The fourth-order valence-corrected chi connectivity index (χ4v) is 3.58. The molecular formula is C19H23N3O3. The summed E-state index contributed by atoms with van der Waals surface area (Å²) in [7, 11) is 1.70. The number of carbonyl (C=O) groups is 2. The second kappa shape index (κ2) is 6.70. The summed E-state index contributed by atoms with van der Waals surface area (Å²) < 4.78 is 5.17. The third-order valence-electron chi connectivity index (χ3n) is 4.95. The summed E-state index contributed by atoms with van der Waals surface area (Å²) >= 11 is 0. The van der Waals surface area contributed by atoms with Gasteiger partial charge in [-0.1, -0.05) is 23.4 Å². The van der Waals surface area contributed by atoms with Crippen LogP contribution in [0.25, 0.3) is 0 Å². The van der Waals surface area contributed by atoms with Crippen LogP contribution < -0.4 is 4.90 Å². The number of carbonyl (C=O) groups excluding carboxylic acids is 2. The lowest BCUT2D eigenvalue weighted by molar-refractivity contribution is -0.137. The van der Waals surface area contributed by atoms with Gasteiger partial charge in [-0.3, -0.25) is 9.59 Å². The van der Waals surface area contributed by atoms with Crippen LogP contribution in [-0.4, -0.2) is 41.5 Å². The Morgan fingerprint density at radius 2 is 2.00 bits per heavy atom. The molecular weight excluding hydrogens is 318 g/mol. The minimum absolute atomic E-state index is 0.0342. The fraction of sp³-hybridized carbons (Fsp3) is 0.421. The minimum atomic E-state index is -0.435. The van der Waals surface area contributed by atoms with E-state index in [1.807, 2.05) is 44.2 Å². The van der Waals surface area contributed by atoms with Crippen molar-refractivity contribution in [3.8, 4) is 0 Å². The monoisotopic (exact) mass is 341 g/mol. The third kappa shape index (κ3) is 3.04. The number of aromatic nitrogens is 1. The number of likely N-dealkylation sites (N-methyl/N-ethyl adjacent to an activating group) is 1. The zero-order chi connectivity index (χ0) is 18.1. The lowest BCUT2D eigenvalue weighted by Gasteiger charge is -2.26. The number of benzene rings is 1. The SMILES string of the molecule is Cc1noc(C)c1[C@H](C)C(=O)N(C)[C@@H]1CCN(c2ccccc2)C1=O. The van der Waals surface area contributed by atoms with E-state index in [4.69, 9.17) is 4.52 Å². The van der Waals surface area contributed by atoms with Gasteiger partial charge in [0.2, 0.25) is 11.8 Å². The summed E-state index contributed by atoms with van der Waals surface area (Å²) in [4.78, 5) is 29.0. The molecule has 3 rings (SSSR count). The van der Waals surface area contributed by atoms with Gasteiger partial charge in [0.1, 0.15) is 11.8 Å². The molecule has 2 aromatic rings. The Labute approximate surface area is 147 Å². The highest BCUT2D eigenvalue weighted by Crippen LogP contribution is 2.28. The van der Waals surface area contributed by atoms with E-state index in [0.29, 0.717) is 18.7 Å². The molecule has 1 aromatic carbocycles. The molecule has 132 valence electrons. The van der Waals surface area contributed by atoms with Crippen LogP contribution in [0.1, 0.15) is 36.3 Å². The highest BCUT2D eigenvalue weighted by molar-refractivity contribution is 6.01. The molecule has 25 heavy (non-hydrogen) atoms. The standard InChI is InChI=1S/C19H23N3O3/c1-12(17-13(2)20-25-14(17)3)18(23)21(4)16-10-11-22(19(16)24)15-8-6-5-7-9-15/h5-9,12,16H,10-11H2,1-4H3/t12-,16+/m0/s1. The molecule has 1 fully saturated rings. The fourth-order valence-electron chi connectivity index (χ4n) is 3.58. The van der Waals surface area contributed by atoms with E-state index in [9.17, 15) is 9.59 Å².